The van der Waals surface area contributed by atoms with Crippen LogP contribution >= 0.6 is 0 Å². The molecule has 2 rings (SSSR count). The number of para-hydroxylation sites is 1. The van der Waals surface area contributed by atoms with Crippen molar-refractivity contribution in [2.45, 2.75) is 68.8 Å². The van der Waals surface area contributed by atoms with Crippen LogP contribution in [0, 0.1) is 5.92 Å². The molecule has 30 heavy (non-hydrogen) atoms. The molecule has 1 aromatic carbocycles. The topological polar surface area (TPSA) is 87.7 Å². The summed E-state index contributed by atoms with van der Waals surface area (Å²) in [6.45, 7) is 7.38. The molecule has 1 aliphatic rings. The first-order valence-corrected chi connectivity index (χ1v) is 12.7. The van der Waals surface area contributed by atoms with Crippen molar-refractivity contribution >= 4 is 15.8 Å². The van der Waals surface area contributed by atoms with Crippen molar-refractivity contribution in [1.29, 1.82) is 0 Å². The second-order valence-corrected chi connectivity index (χ2v) is 9.50. The number of nitrogens with one attached hydrogen (secondary N) is 2. The summed E-state index contributed by atoms with van der Waals surface area (Å²) >= 11 is 0. The van der Waals surface area contributed by atoms with Crippen LogP contribution in [0.2, 0.25) is 0 Å². The zero-order chi connectivity index (χ0) is 21.7. The van der Waals surface area contributed by atoms with Crippen LogP contribution in [0.3, 0.4) is 0 Å². The van der Waals surface area contributed by atoms with E-state index < -0.39 is 10.1 Å². The van der Waals surface area contributed by atoms with Crippen LogP contribution in [-0.4, -0.2) is 45.3 Å². The second-order valence-electron chi connectivity index (χ2n) is 8.11. The molecule has 0 heterocycles. The van der Waals surface area contributed by atoms with E-state index in [-0.39, 0.29) is 4.90 Å². The third-order valence-corrected chi connectivity index (χ3v) is 6.58. The standard InChI is InChI=1S/C23H38N2O4S/c1-2-3-16-24-17-8-4-5-9-18-29-21-14-12-20(13-15-21)19-25-22-10-6-7-11-23(22)30(26,27)28/h2,6-7,10-11,20-21,24-25H,1,3-5,8-9,12-19H2,(H,26,27,28). The van der Waals surface area contributed by atoms with E-state index >= 15 is 0 Å². The van der Waals surface area contributed by atoms with Crippen LogP contribution < -0.4 is 10.6 Å². The molecule has 0 saturated heterocycles. The molecule has 0 amide bonds. The van der Waals surface area contributed by atoms with Gasteiger partial charge < -0.3 is 15.4 Å². The molecule has 0 aromatic heterocycles. The molecule has 1 saturated carbocycles. The Morgan fingerprint density at radius 3 is 2.53 bits per heavy atom. The highest BCUT2D eigenvalue weighted by Crippen LogP contribution is 2.28. The molecule has 0 atom stereocenters. The van der Waals surface area contributed by atoms with Gasteiger partial charge in [-0.15, -0.1) is 6.58 Å². The highest BCUT2D eigenvalue weighted by molar-refractivity contribution is 7.86. The van der Waals surface area contributed by atoms with E-state index in [4.69, 9.17) is 4.74 Å². The Morgan fingerprint density at radius 2 is 1.80 bits per heavy atom. The van der Waals surface area contributed by atoms with Crippen molar-refractivity contribution in [1.82, 2.24) is 5.32 Å². The number of ether oxygens (including phenoxy) is 1. The number of rotatable bonds is 15. The maximum atomic E-state index is 11.5. The smallest absolute Gasteiger partial charge is 0.296 e. The molecule has 1 aliphatic carbocycles. The highest BCUT2D eigenvalue weighted by atomic mass is 32.2. The van der Waals surface area contributed by atoms with Gasteiger partial charge in [-0.05, 0) is 76.1 Å². The molecule has 6 nitrogen and oxygen atoms in total. The van der Waals surface area contributed by atoms with Gasteiger partial charge in [-0.25, -0.2) is 0 Å². The molecule has 170 valence electrons. The van der Waals surface area contributed by atoms with E-state index in [9.17, 15) is 13.0 Å². The van der Waals surface area contributed by atoms with Crippen LogP contribution in [0.1, 0.15) is 57.8 Å². The maximum absolute atomic E-state index is 11.5. The third-order valence-electron chi connectivity index (χ3n) is 5.67. The highest BCUT2D eigenvalue weighted by Gasteiger charge is 2.22. The lowest BCUT2D eigenvalue weighted by Crippen LogP contribution is -2.26. The van der Waals surface area contributed by atoms with Crippen molar-refractivity contribution in [3.05, 3.63) is 36.9 Å². The molecule has 3 N–H and O–H groups in total. The van der Waals surface area contributed by atoms with E-state index in [1.807, 2.05) is 6.08 Å². The van der Waals surface area contributed by atoms with Gasteiger partial charge in [0, 0.05) is 13.2 Å². The summed E-state index contributed by atoms with van der Waals surface area (Å²) < 4.78 is 38.4. The molecule has 0 radical (unpaired) electrons. The lowest BCUT2D eigenvalue weighted by molar-refractivity contribution is 0.0174. The van der Waals surface area contributed by atoms with Crippen molar-refractivity contribution < 1.29 is 17.7 Å². The largest absolute Gasteiger partial charge is 0.384 e. The van der Waals surface area contributed by atoms with E-state index in [0.29, 0.717) is 24.3 Å². The number of unbranched alkanes of at least 4 members (excludes halogenated alkanes) is 3. The predicted octanol–water partition coefficient (Wildman–Crippen LogP) is 4.65. The minimum Gasteiger partial charge on any atom is -0.384 e. The molecule has 1 fully saturated rings. The normalized spacial score (nSPS) is 19.5. The van der Waals surface area contributed by atoms with Crippen molar-refractivity contribution in [3.63, 3.8) is 0 Å². The zero-order valence-corrected chi connectivity index (χ0v) is 18.8. The Labute approximate surface area is 182 Å². The van der Waals surface area contributed by atoms with E-state index in [2.05, 4.69) is 17.2 Å². The molecule has 0 unspecified atom stereocenters. The average Bonchev–Trinajstić information content (AvgIpc) is 2.74. The Kier molecular flexibility index (Phi) is 11.4. The molecule has 1 aromatic rings. The van der Waals surface area contributed by atoms with Gasteiger partial charge in [0.15, 0.2) is 0 Å². The van der Waals surface area contributed by atoms with Crippen molar-refractivity contribution in [2.24, 2.45) is 5.92 Å². The molecule has 0 spiro atoms. The van der Waals surface area contributed by atoms with Crippen molar-refractivity contribution in [3.8, 4) is 0 Å². The first kappa shape index (κ1) is 24.9. The Balaban J connectivity index is 1.53. The lowest BCUT2D eigenvalue weighted by Gasteiger charge is -2.29. The van der Waals surface area contributed by atoms with E-state index in [1.165, 1.54) is 25.3 Å². The molecule has 7 heteroatoms. The van der Waals surface area contributed by atoms with Crippen LogP contribution in [0.4, 0.5) is 5.69 Å². The quantitative estimate of drug-likeness (QED) is 0.210. The number of hydrogen-bond donors (Lipinski definition) is 3. The summed E-state index contributed by atoms with van der Waals surface area (Å²) in [6.07, 6.45) is 12.4. The Bertz CT molecular complexity index is 716. The first-order chi connectivity index (χ1) is 14.5. The van der Waals surface area contributed by atoms with Crippen molar-refractivity contribution in [2.75, 3.05) is 31.6 Å². The van der Waals surface area contributed by atoms with Crippen LogP contribution in [-0.2, 0) is 14.9 Å². The van der Waals surface area contributed by atoms with Gasteiger partial charge >= 0.3 is 0 Å². The first-order valence-electron chi connectivity index (χ1n) is 11.2. The van der Waals surface area contributed by atoms with Crippen LogP contribution in [0.15, 0.2) is 41.8 Å². The summed E-state index contributed by atoms with van der Waals surface area (Å²) in [6, 6.07) is 6.48. The number of hydrogen-bond acceptors (Lipinski definition) is 5. The summed E-state index contributed by atoms with van der Waals surface area (Å²) in [4.78, 5) is -0.0606. The minimum atomic E-state index is -4.21. The molecule has 0 bridgehead atoms. The van der Waals surface area contributed by atoms with E-state index in [1.54, 1.807) is 18.2 Å². The van der Waals surface area contributed by atoms with Gasteiger partial charge in [0.2, 0.25) is 0 Å². The van der Waals surface area contributed by atoms with Crippen LogP contribution in [0.25, 0.3) is 0 Å². The lowest BCUT2D eigenvalue weighted by atomic mass is 9.87. The summed E-state index contributed by atoms with van der Waals surface area (Å²) in [5.74, 6) is 0.493. The van der Waals surface area contributed by atoms with E-state index in [0.717, 1.165) is 58.2 Å². The fourth-order valence-electron chi connectivity index (χ4n) is 3.88. The summed E-state index contributed by atoms with van der Waals surface area (Å²) in [5.41, 5.74) is 0.467. The number of anilines is 1. The predicted molar refractivity (Wildman–Crippen MR) is 123 cm³/mol. The fourth-order valence-corrected chi connectivity index (χ4v) is 4.55. The van der Waals surface area contributed by atoms with Crippen LogP contribution in [0.5, 0.6) is 0 Å². The monoisotopic (exact) mass is 438 g/mol. The third kappa shape index (κ3) is 9.60. The number of benzene rings is 1. The Hall–Kier alpha value is -1.41. The van der Waals surface area contributed by atoms with Gasteiger partial charge in [-0.1, -0.05) is 31.1 Å². The maximum Gasteiger partial charge on any atom is 0.296 e. The Morgan fingerprint density at radius 1 is 1.07 bits per heavy atom. The summed E-state index contributed by atoms with van der Waals surface area (Å²) in [5, 5.41) is 6.62. The average molecular weight is 439 g/mol. The molecular weight excluding hydrogens is 400 g/mol. The zero-order valence-electron chi connectivity index (χ0n) is 18.0. The second kappa shape index (κ2) is 13.8. The summed E-state index contributed by atoms with van der Waals surface area (Å²) in [7, 11) is -4.21. The van der Waals surface area contributed by atoms with Gasteiger partial charge in [0.1, 0.15) is 4.90 Å². The fraction of sp³-hybridized carbons (Fsp3) is 0.652. The van der Waals surface area contributed by atoms with Gasteiger partial charge in [-0.2, -0.15) is 8.42 Å². The van der Waals surface area contributed by atoms with Gasteiger partial charge in [-0.3, -0.25) is 4.55 Å². The van der Waals surface area contributed by atoms with Gasteiger partial charge in [0.05, 0.1) is 11.8 Å². The minimum absolute atomic E-state index is 0.0606. The SMILES string of the molecule is C=CCCNCCCCCCOC1CCC(CNc2ccccc2S(=O)(=O)O)CC1. The van der Waals surface area contributed by atoms with Gasteiger partial charge in [0.25, 0.3) is 10.1 Å². The molecular formula is C23H38N2O4S. The molecule has 0 aliphatic heterocycles.